The molecule has 5 heteroatoms. The van der Waals surface area contributed by atoms with Crippen LogP contribution in [-0.4, -0.2) is 9.97 Å². The van der Waals surface area contributed by atoms with Gasteiger partial charge in [-0.3, -0.25) is 0 Å². The Morgan fingerprint density at radius 2 is 2.11 bits per heavy atom. The number of aryl methyl sites for hydroxylation is 1. The Bertz CT molecular complexity index is 604. The molecule has 0 radical (unpaired) electrons. The summed E-state index contributed by atoms with van der Waals surface area (Å²) in [6, 6.07) is 8.11. The van der Waals surface area contributed by atoms with Crippen LogP contribution in [0.5, 0.6) is 0 Å². The fourth-order valence-electron chi connectivity index (χ4n) is 1.56. The van der Waals surface area contributed by atoms with E-state index >= 15 is 0 Å². The minimum atomic E-state index is 0.310. The molecule has 0 aliphatic carbocycles. The van der Waals surface area contributed by atoms with Gasteiger partial charge in [0.2, 0.25) is 0 Å². The molecule has 0 fully saturated rings. The first-order chi connectivity index (χ1) is 8.70. The summed E-state index contributed by atoms with van der Waals surface area (Å²) in [5.41, 5.74) is 2.65. The van der Waals surface area contributed by atoms with Gasteiger partial charge >= 0.3 is 0 Å². The van der Waals surface area contributed by atoms with Gasteiger partial charge in [-0.2, -0.15) is 5.26 Å². The third kappa shape index (κ3) is 2.84. The van der Waals surface area contributed by atoms with Crippen LogP contribution in [0.25, 0.3) is 0 Å². The Labute approximate surface area is 114 Å². The van der Waals surface area contributed by atoms with E-state index in [1.807, 2.05) is 31.2 Å². The van der Waals surface area contributed by atoms with Crippen LogP contribution >= 0.6 is 15.9 Å². The number of rotatable bonds is 3. The molecule has 2 rings (SSSR count). The maximum absolute atomic E-state index is 8.91. The zero-order valence-electron chi connectivity index (χ0n) is 9.81. The third-order valence-electron chi connectivity index (χ3n) is 2.56. The summed E-state index contributed by atoms with van der Waals surface area (Å²) in [6.45, 7) is 2.66. The van der Waals surface area contributed by atoms with Crippen molar-refractivity contribution in [2.24, 2.45) is 0 Å². The van der Waals surface area contributed by atoms with Crippen LogP contribution in [0.1, 0.15) is 16.8 Å². The number of nitriles is 1. The molecule has 0 unspecified atom stereocenters. The van der Waals surface area contributed by atoms with Crippen molar-refractivity contribution in [3.05, 3.63) is 51.9 Å². The average molecular weight is 303 g/mol. The van der Waals surface area contributed by atoms with Gasteiger partial charge in [-0.25, -0.2) is 9.97 Å². The standard InChI is InChI=1S/C13H11BrN4/c1-9-2-3-11(14)6-10(9)8-18-13-12(7-15)16-4-5-17-13/h2-6H,8H2,1H3,(H,17,18). The topological polar surface area (TPSA) is 61.6 Å². The average Bonchev–Trinajstić information content (AvgIpc) is 2.40. The van der Waals surface area contributed by atoms with Gasteiger partial charge in [0.1, 0.15) is 6.07 Å². The third-order valence-corrected chi connectivity index (χ3v) is 3.05. The number of nitrogens with one attached hydrogen (secondary N) is 1. The fraction of sp³-hybridized carbons (Fsp3) is 0.154. The molecular formula is C13H11BrN4. The maximum Gasteiger partial charge on any atom is 0.182 e. The van der Waals surface area contributed by atoms with Gasteiger partial charge in [0.15, 0.2) is 11.5 Å². The SMILES string of the molecule is Cc1ccc(Br)cc1CNc1nccnc1C#N. The van der Waals surface area contributed by atoms with Crippen LogP contribution in [-0.2, 0) is 6.54 Å². The predicted octanol–water partition coefficient (Wildman–Crippen LogP) is 3.03. The number of hydrogen-bond acceptors (Lipinski definition) is 4. The van der Waals surface area contributed by atoms with Crippen molar-refractivity contribution in [2.45, 2.75) is 13.5 Å². The number of aromatic nitrogens is 2. The van der Waals surface area contributed by atoms with E-state index < -0.39 is 0 Å². The van der Waals surface area contributed by atoms with Gasteiger partial charge in [0, 0.05) is 23.4 Å². The Hall–Kier alpha value is -1.93. The Balaban J connectivity index is 2.17. The smallest absolute Gasteiger partial charge is 0.182 e. The fourth-order valence-corrected chi connectivity index (χ4v) is 1.97. The van der Waals surface area contributed by atoms with Crippen LogP contribution in [0.3, 0.4) is 0 Å². The van der Waals surface area contributed by atoms with Crippen molar-refractivity contribution in [3.8, 4) is 6.07 Å². The molecule has 1 aromatic heterocycles. The number of benzene rings is 1. The van der Waals surface area contributed by atoms with Gasteiger partial charge in [-0.1, -0.05) is 22.0 Å². The summed E-state index contributed by atoms with van der Waals surface area (Å²) < 4.78 is 1.03. The van der Waals surface area contributed by atoms with Gasteiger partial charge in [-0.15, -0.1) is 0 Å². The highest BCUT2D eigenvalue weighted by Crippen LogP contribution is 2.17. The van der Waals surface area contributed by atoms with Crippen LogP contribution in [0.2, 0.25) is 0 Å². The molecule has 2 aromatic rings. The van der Waals surface area contributed by atoms with Crippen molar-refractivity contribution >= 4 is 21.7 Å². The van der Waals surface area contributed by atoms with Crippen LogP contribution in [0.15, 0.2) is 35.1 Å². The molecule has 90 valence electrons. The lowest BCUT2D eigenvalue weighted by atomic mass is 10.1. The second-order valence-electron chi connectivity index (χ2n) is 3.79. The van der Waals surface area contributed by atoms with Gasteiger partial charge < -0.3 is 5.32 Å². The minimum absolute atomic E-state index is 0.310. The summed E-state index contributed by atoms with van der Waals surface area (Å²) in [4.78, 5) is 8.06. The van der Waals surface area contributed by atoms with Crippen molar-refractivity contribution in [1.82, 2.24) is 9.97 Å². The number of nitrogens with zero attached hydrogens (tertiary/aromatic N) is 3. The van der Waals surface area contributed by atoms with E-state index in [0.29, 0.717) is 18.1 Å². The Morgan fingerprint density at radius 3 is 2.89 bits per heavy atom. The second kappa shape index (κ2) is 5.61. The van der Waals surface area contributed by atoms with Gasteiger partial charge in [0.25, 0.3) is 0 Å². The molecule has 0 saturated carbocycles. The molecule has 18 heavy (non-hydrogen) atoms. The zero-order valence-corrected chi connectivity index (χ0v) is 11.4. The molecule has 1 heterocycles. The normalized spacial score (nSPS) is 9.83. The molecule has 4 nitrogen and oxygen atoms in total. The highest BCUT2D eigenvalue weighted by Gasteiger charge is 2.05. The maximum atomic E-state index is 8.91. The number of hydrogen-bond donors (Lipinski definition) is 1. The van der Waals surface area contributed by atoms with Gasteiger partial charge in [-0.05, 0) is 30.2 Å². The van der Waals surface area contributed by atoms with E-state index in [4.69, 9.17) is 5.26 Å². The molecule has 0 spiro atoms. The molecule has 0 aliphatic heterocycles. The van der Waals surface area contributed by atoms with E-state index in [9.17, 15) is 0 Å². The first-order valence-electron chi connectivity index (χ1n) is 5.40. The summed E-state index contributed by atoms with van der Waals surface area (Å²) in [6.07, 6.45) is 3.07. The molecule has 0 saturated heterocycles. The largest absolute Gasteiger partial charge is 0.364 e. The van der Waals surface area contributed by atoms with Crippen molar-refractivity contribution in [3.63, 3.8) is 0 Å². The quantitative estimate of drug-likeness (QED) is 0.946. The summed E-state index contributed by atoms with van der Waals surface area (Å²) in [5.74, 6) is 0.513. The summed E-state index contributed by atoms with van der Waals surface area (Å²) >= 11 is 3.44. The first-order valence-corrected chi connectivity index (χ1v) is 6.20. The minimum Gasteiger partial charge on any atom is -0.364 e. The van der Waals surface area contributed by atoms with Crippen molar-refractivity contribution in [2.75, 3.05) is 5.32 Å². The molecule has 1 aromatic carbocycles. The van der Waals surface area contributed by atoms with Crippen molar-refractivity contribution in [1.29, 1.82) is 5.26 Å². The van der Waals surface area contributed by atoms with E-state index in [-0.39, 0.29) is 0 Å². The molecule has 0 amide bonds. The van der Waals surface area contributed by atoms with Gasteiger partial charge in [0.05, 0.1) is 0 Å². The molecule has 0 bridgehead atoms. The van der Waals surface area contributed by atoms with Crippen LogP contribution in [0.4, 0.5) is 5.82 Å². The lowest BCUT2D eigenvalue weighted by Gasteiger charge is -2.09. The predicted molar refractivity (Wildman–Crippen MR) is 73.0 cm³/mol. The zero-order chi connectivity index (χ0) is 13.0. The highest BCUT2D eigenvalue weighted by atomic mass is 79.9. The summed E-state index contributed by atoms with van der Waals surface area (Å²) in [5, 5.41) is 12.0. The monoisotopic (exact) mass is 302 g/mol. The Kier molecular flexibility index (Phi) is 3.90. The molecular weight excluding hydrogens is 292 g/mol. The molecule has 0 aliphatic rings. The van der Waals surface area contributed by atoms with Crippen molar-refractivity contribution < 1.29 is 0 Å². The lowest BCUT2D eigenvalue weighted by molar-refractivity contribution is 1.06. The lowest BCUT2D eigenvalue weighted by Crippen LogP contribution is -2.05. The number of halogens is 1. The number of anilines is 1. The Morgan fingerprint density at radius 1 is 1.33 bits per heavy atom. The van der Waals surface area contributed by atoms with E-state index in [1.54, 1.807) is 6.20 Å². The van der Waals surface area contributed by atoms with E-state index in [2.05, 4.69) is 31.2 Å². The molecule has 1 N–H and O–H groups in total. The van der Waals surface area contributed by atoms with Crippen LogP contribution < -0.4 is 5.32 Å². The van der Waals surface area contributed by atoms with E-state index in [1.165, 1.54) is 11.8 Å². The first kappa shape index (κ1) is 12.5. The molecule has 0 atom stereocenters. The highest BCUT2D eigenvalue weighted by molar-refractivity contribution is 9.10. The van der Waals surface area contributed by atoms with E-state index in [0.717, 1.165) is 10.0 Å². The van der Waals surface area contributed by atoms with Crippen LogP contribution in [0, 0.1) is 18.3 Å². The summed E-state index contributed by atoms with van der Waals surface area (Å²) in [7, 11) is 0. The second-order valence-corrected chi connectivity index (χ2v) is 4.71.